The van der Waals surface area contributed by atoms with Crippen molar-refractivity contribution in [2.45, 2.75) is 25.3 Å². The molecule has 2 heterocycles. The summed E-state index contributed by atoms with van der Waals surface area (Å²) in [6, 6.07) is 4.91. The van der Waals surface area contributed by atoms with Crippen molar-refractivity contribution in [3.8, 4) is 0 Å². The molecule has 0 spiro atoms. The van der Waals surface area contributed by atoms with E-state index in [2.05, 4.69) is 0 Å². The molecule has 1 atom stereocenters. The normalized spacial score (nSPS) is 27.4. The van der Waals surface area contributed by atoms with E-state index in [1.165, 1.54) is 31.4 Å². The summed E-state index contributed by atoms with van der Waals surface area (Å²) < 4.78 is 17.8. The summed E-state index contributed by atoms with van der Waals surface area (Å²) in [5.74, 6) is -1.27. The summed E-state index contributed by atoms with van der Waals surface area (Å²) in [4.78, 5) is 38.7. The number of ether oxygens (including phenoxy) is 1. The second-order valence-corrected chi connectivity index (χ2v) is 6.26. The number of rotatable bonds is 3. The van der Waals surface area contributed by atoms with Crippen LogP contribution in [0.2, 0.25) is 0 Å². The van der Waals surface area contributed by atoms with Crippen molar-refractivity contribution >= 4 is 23.5 Å². The first kappa shape index (κ1) is 16.6. The van der Waals surface area contributed by atoms with Crippen molar-refractivity contribution in [3.63, 3.8) is 0 Å². The van der Waals surface area contributed by atoms with Crippen LogP contribution in [0, 0.1) is 11.7 Å². The molecule has 3 rings (SSSR count). The van der Waals surface area contributed by atoms with Crippen LogP contribution >= 0.6 is 0 Å². The third-order valence-corrected chi connectivity index (χ3v) is 4.89. The maximum atomic E-state index is 13.0. The monoisotopic (exact) mass is 335 g/mol. The van der Waals surface area contributed by atoms with Crippen molar-refractivity contribution in [2.75, 3.05) is 25.1 Å². The Morgan fingerprint density at radius 1 is 1.21 bits per heavy atom. The van der Waals surface area contributed by atoms with Gasteiger partial charge >= 0.3 is 5.97 Å². The van der Waals surface area contributed by atoms with Crippen molar-refractivity contribution < 1.29 is 28.4 Å². The Bertz CT molecular complexity index is 653. The largest absolute Gasteiger partial charge is 0.469 e. The number of piperidine rings is 1. The van der Waals surface area contributed by atoms with E-state index >= 15 is 0 Å². The number of nitrogens with zero attached hydrogens (tertiary/aromatic N) is 1. The lowest BCUT2D eigenvalue weighted by atomic mass is 9.95. The van der Waals surface area contributed by atoms with Crippen LogP contribution in [0.1, 0.15) is 19.3 Å². The number of imide groups is 1. The van der Waals surface area contributed by atoms with Crippen LogP contribution in [0.15, 0.2) is 24.3 Å². The third kappa shape index (κ3) is 3.03. The van der Waals surface area contributed by atoms with E-state index in [4.69, 9.17) is 4.74 Å². The number of carbonyl (C=O) groups is 3. The maximum absolute atomic E-state index is 13.0. The van der Waals surface area contributed by atoms with Gasteiger partial charge in [-0.05, 0) is 24.3 Å². The highest BCUT2D eigenvalue weighted by atomic mass is 19.1. The minimum absolute atomic E-state index is 0.126. The summed E-state index contributed by atoms with van der Waals surface area (Å²) in [7, 11) is 1.38. The van der Waals surface area contributed by atoms with Crippen molar-refractivity contribution in [1.29, 1.82) is 0 Å². The van der Waals surface area contributed by atoms with E-state index in [1.807, 2.05) is 0 Å². The van der Waals surface area contributed by atoms with Gasteiger partial charge in [0.05, 0.1) is 38.2 Å². The first-order valence-corrected chi connectivity index (χ1v) is 8.06. The highest BCUT2D eigenvalue weighted by Crippen LogP contribution is 2.23. The predicted octanol–water partition coefficient (Wildman–Crippen LogP) is -0.0745. The molecule has 1 N–H and O–H groups in total. The molecule has 1 aromatic rings. The zero-order valence-corrected chi connectivity index (χ0v) is 13.5. The Morgan fingerprint density at radius 2 is 1.83 bits per heavy atom. The molecule has 2 aliphatic heterocycles. The van der Waals surface area contributed by atoms with E-state index in [-0.39, 0.29) is 30.1 Å². The third-order valence-electron chi connectivity index (χ3n) is 4.89. The van der Waals surface area contributed by atoms with Crippen molar-refractivity contribution in [3.05, 3.63) is 30.1 Å². The van der Waals surface area contributed by atoms with E-state index < -0.39 is 11.9 Å². The molecule has 0 aliphatic carbocycles. The van der Waals surface area contributed by atoms with Gasteiger partial charge < -0.3 is 9.64 Å². The van der Waals surface area contributed by atoms with Gasteiger partial charge in [0.2, 0.25) is 5.91 Å². The molecule has 0 radical (unpaired) electrons. The number of hydrogen-bond acceptors (Lipinski definition) is 4. The fourth-order valence-corrected chi connectivity index (χ4v) is 3.55. The topological polar surface area (TPSA) is 68.1 Å². The lowest BCUT2D eigenvalue weighted by molar-refractivity contribution is -0.920. The molecule has 1 aromatic carbocycles. The molecular weight excluding hydrogens is 315 g/mol. The molecule has 6 nitrogen and oxygen atoms in total. The summed E-state index contributed by atoms with van der Waals surface area (Å²) in [5.41, 5.74) is 0.401. The van der Waals surface area contributed by atoms with E-state index in [9.17, 15) is 18.8 Å². The lowest BCUT2D eigenvalue weighted by Gasteiger charge is -2.30. The number of nitrogens with one attached hydrogen (secondary N) is 1. The summed E-state index contributed by atoms with van der Waals surface area (Å²) in [6.45, 7) is 1.31. The van der Waals surface area contributed by atoms with Gasteiger partial charge in [0.25, 0.3) is 5.91 Å². The zero-order valence-electron chi connectivity index (χ0n) is 13.5. The Balaban J connectivity index is 1.68. The van der Waals surface area contributed by atoms with E-state index in [0.717, 1.165) is 9.80 Å². The second kappa shape index (κ2) is 6.68. The van der Waals surface area contributed by atoms with Crippen molar-refractivity contribution in [1.82, 2.24) is 0 Å². The molecule has 128 valence electrons. The molecule has 2 fully saturated rings. The number of hydrogen-bond donors (Lipinski definition) is 1. The van der Waals surface area contributed by atoms with Gasteiger partial charge in [-0.15, -0.1) is 0 Å². The fraction of sp³-hybridized carbons (Fsp3) is 0.471. The molecule has 2 aliphatic rings. The predicted molar refractivity (Wildman–Crippen MR) is 82.7 cm³/mol. The molecule has 7 heteroatoms. The first-order chi connectivity index (χ1) is 11.5. The van der Waals surface area contributed by atoms with Crippen LogP contribution in [0.4, 0.5) is 10.1 Å². The van der Waals surface area contributed by atoms with Gasteiger partial charge in [0, 0.05) is 12.8 Å². The van der Waals surface area contributed by atoms with E-state index in [1.54, 1.807) is 0 Å². The average Bonchev–Trinajstić information content (AvgIpc) is 2.90. The zero-order chi connectivity index (χ0) is 17.3. The number of amides is 2. The number of quaternary nitrogens is 1. The van der Waals surface area contributed by atoms with Crippen LogP contribution in [-0.4, -0.2) is 44.0 Å². The first-order valence-electron chi connectivity index (χ1n) is 8.06. The Morgan fingerprint density at radius 3 is 2.42 bits per heavy atom. The number of methoxy groups -OCH3 is 1. The van der Waals surface area contributed by atoms with Crippen LogP contribution < -0.4 is 9.80 Å². The van der Waals surface area contributed by atoms with E-state index in [0.29, 0.717) is 31.6 Å². The Labute approximate surface area is 139 Å². The summed E-state index contributed by atoms with van der Waals surface area (Å²) in [5, 5.41) is 0. The minimum atomic E-state index is -0.429. The van der Waals surface area contributed by atoms with Crippen molar-refractivity contribution in [2.24, 2.45) is 5.92 Å². The van der Waals surface area contributed by atoms with Gasteiger partial charge in [-0.1, -0.05) is 0 Å². The van der Waals surface area contributed by atoms with Gasteiger partial charge in [-0.25, -0.2) is 9.29 Å². The second-order valence-electron chi connectivity index (χ2n) is 6.26. The Hall–Kier alpha value is -2.28. The number of anilines is 1. The molecule has 0 saturated carbocycles. The standard InChI is InChI=1S/C17H19FN2O4/c1-24-17(23)11-6-8-19(9-7-11)14-10-15(21)20(16(14)22)13-4-2-12(18)3-5-13/h2-5,11,14H,6-10H2,1H3/p+1/t14-/m1/s1. The lowest BCUT2D eigenvalue weighted by Crippen LogP contribution is -3.17. The Kier molecular flexibility index (Phi) is 4.62. The SMILES string of the molecule is COC(=O)C1CC[NH+]([C@@H]2CC(=O)N(c3ccc(F)cc3)C2=O)CC1. The summed E-state index contributed by atoms with van der Waals surface area (Å²) in [6.07, 6.45) is 1.45. The molecule has 0 unspecified atom stereocenters. The van der Waals surface area contributed by atoms with Crippen LogP contribution in [0.5, 0.6) is 0 Å². The average molecular weight is 335 g/mol. The van der Waals surface area contributed by atoms with Gasteiger partial charge in [0.1, 0.15) is 5.82 Å². The highest BCUT2D eigenvalue weighted by molar-refractivity contribution is 6.21. The number of esters is 1. The summed E-state index contributed by atoms with van der Waals surface area (Å²) >= 11 is 0. The number of carbonyl (C=O) groups excluding carboxylic acids is 3. The molecular formula is C17H20FN2O4+. The van der Waals surface area contributed by atoms with Crippen LogP contribution in [0.25, 0.3) is 0 Å². The van der Waals surface area contributed by atoms with Gasteiger partial charge in [0.15, 0.2) is 6.04 Å². The van der Waals surface area contributed by atoms with Gasteiger partial charge in [-0.2, -0.15) is 0 Å². The van der Waals surface area contributed by atoms with Crippen LogP contribution in [-0.2, 0) is 19.1 Å². The maximum Gasteiger partial charge on any atom is 0.309 e. The quantitative estimate of drug-likeness (QED) is 0.620. The molecule has 2 saturated heterocycles. The smallest absolute Gasteiger partial charge is 0.309 e. The molecule has 0 aromatic heterocycles. The minimum Gasteiger partial charge on any atom is -0.469 e. The van der Waals surface area contributed by atoms with Crippen LogP contribution in [0.3, 0.4) is 0 Å². The molecule has 24 heavy (non-hydrogen) atoms. The fourth-order valence-electron chi connectivity index (χ4n) is 3.55. The van der Waals surface area contributed by atoms with Gasteiger partial charge in [-0.3, -0.25) is 14.4 Å². The number of likely N-dealkylation sites (tertiary alicyclic amines) is 1. The number of halogens is 1. The highest BCUT2D eigenvalue weighted by Gasteiger charge is 2.47. The molecule has 0 bridgehead atoms. The number of benzene rings is 1. The molecule has 2 amide bonds.